The quantitative estimate of drug-likeness (QED) is 0.813. The molecule has 0 heterocycles. The summed E-state index contributed by atoms with van der Waals surface area (Å²) < 4.78 is 5.53. The first-order valence-electron chi connectivity index (χ1n) is 7.41. The van der Waals surface area contributed by atoms with Crippen molar-refractivity contribution in [3.63, 3.8) is 0 Å². The third-order valence-corrected chi connectivity index (χ3v) is 3.78. The third kappa shape index (κ3) is 4.76. The fourth-order valence-corrected chi connectivity index (χ4v) is 2.69. The zero-order valence-electron chi connectivity index (χ0n) is 12.1. The van der Waals surface area contributed by atoms with Crippen LogP contribution in [0.15, 0.2) is 24.3 Å². The lowest BCUT2D eigenvalue weighted by molar-refractivity contribution is -0.122. The van der Waals surface area contributed by atoms with E-state index in [-0.39, 0.29) is 5.91 Å². The zero-order valence-corrected chi connectivity index (χ0v) is 12.1. The summed E-state index contributed by atoms with van der Waals surface area (Å²) in [6.07, 6.45) is 5.11. The van der Waals surface area contributed by atoms with E-state index in [1.165, 1.54) is 12.8 Å². The lowest BCUT2D eigenvalue weighted by Crippen LogP contribution is -2.38. The third-order valence-electron chi connectivity index (χ3n) is 3.78. The number of rotatable bonds is 5. The highest BCUT2D eigenvalue weighted by Gasteiger charge is 2.20. The van der Waals surface area contributed by atoms with Crippen LogP contribution in [0.25, 0.3) is 0 Å². The summed E-state index contributed by atoms with van der Waals surface area (Å²) in [4.78, 5) is 11.9. The average Bonchev–Trinajstić information content (AvgIpc) is 2.41. The van der Waals surface area contributed by atoms with Gasteiger partial charge >= 0.3 is 0 Å². The Kier molecular flexibility index (Phi) is 5.27. The molecule has 1 saturated carbocycles. The van der Waals surface area contributed by atoms with Crippen molar-refractivity contribution in [3.05, 3.63) is 24.3 Å². The monoisotopic (exact) mass is 276 g/mol. The summed E-state index contributed by atoms with van der Waals surface area (Å²) in [7, 11) is 0. The molecule has 1 amide bonds. The van der Waals surface area contributed by atoms with Crippen LogP contribution in [-0.2, 0) is 4.79 Å². The number of benzene rings is 1. The van der Waals surface area contributed by atoms with Crippen LogP contribution >= 0.6 is 0 Å². The van der Waals surface area contributed by atoms with Gasteiger partial charge in [-0.1, -0.05) is 19.8 Å². The summed E-state index contributed by atoms with van der Waals surface area (Å²) in [6.45, 7) is 2.65. The van der Waals surface area contributed by atoms with Crippen LogP contribution in [0.3, 0.4) is 0 Å². The van der Waals surface area contributed by atoms with Crippen molar-refractivity contribution in [2.24, 2.45) is 5.92 Å². The van der Waals surface area contributed by atoms with Crippen molar-refractivity contribution >= 4 is 11.6 Å². The zero-order chi connectivity index (χ0) is 14.4. The highest BCUT2D eigenvalue weighted by Crippen LogP contribution is 2.23. The standard InChI is InChI=1S/C16H24N2O2/c1-12-3-2-4-14(11-12)18-16(19)9-10-20-15-7-5-13(17)6-8-15/h5-8,12,14H,2-4,9-11,17H2,1H3,(H,18,19). The number of carbonyl (C=O) groups is 1. The van der Waals surface area contributed by atoms with Gasteiger partial charge in [-0.25, -0.2) is 0 Å². The molecule has 1 aliphatic rings. The Hall–Kier alpha value is -1.71. The van der Waals surface area contributed by atoms with Gasteiger partial charge in [-0.3, -0.25) is 4.79 Å². The Morgan fingerprint density at radius 3 is 2.80 bits per heavy atom. The Bertz CT molecular complexity index is 431. The van der Waals surface area contributed by atoms with E-state index >= 15 is 0 Å². The molecule has 0 aromatic heterocycles. The molecule has 1 aliphatic carbocycles. The number of hydrogen-bond acceptors (Lipinski definition) is 3. The summed E-state index contributed by atoms with van der Waals surface area (Å²) in [6, 6.07) is 7.56. The lowest BCUT2D eigenvalue weighted by atomic mass is 9.87. The summed E-state index contributed by atoms with van der Waals surface area (Å²) in [5, 5.41) is 3.11. The van der Waals surface area contributed by atoms with E-state index in [1.807, 2.05) is 12.1 Å². The maximum absolute atomic E-state index is 11.9. The molecule has 2 unspecified atom stereocenters. The van der Waals surface area contributed by atoms with Crippen LogP contribution in [0.2, 0.25) is 0 Å². The van der Waals surface area contributed by atoms with Gasteiger partial charge in [-0.15, -0.1) is 0 Å². The molecule has 2 rings (SSSR count). The van der Waals surface area contributed by atoms with Gasteiger partial charge in [0, 0.05) is 11.7 Å². The number of nitrogens with two attached hydrogens (primary N) is 1. The molecule has 1 aromatic carbocycles. The van der Waals surface area contributed by atoms with Gasteiger partial charge in [0.2, 0.25) is 5.91 Å². The minimum atomic E-state index is 0.0829. The normalized spacial score (nSPS) is 22.2. The van der Waals surface area contributed by atoms with Crippen LogP contribution < -0.4 is 15.8 Å². The number of nitrogens with one attached hydrogen (secondary N) is 1. The van der Waals surface area contributed by atoms with Crippen LogP contribution in [0.4, 0.5) is 5.69 Å². The predicted octanol–water partition coefficient (Wildman–Crippen LogP) is 2.73. The van der Waals surface area contributed by atoms with Crippen molar-refractivity contribution in [1.29, 1.82) is 0 Å². The van der Waals surface area contributed by atoms with E-state index in [9.17, 15) is 4.79 Å². The van der Waals surface area contributed by atoms with E-state index < -0.39 is 0 Å². The van der Waals surface area contributed by atoms with Gasteiger partial charge in [0.1, 0.15) is 5.75 Å². The fourth-order valence-electron chi connectivity index (χ4n) is 2.69. The molecule has 1 aromatic rings. The van der Waals surface area contributed by atoms with Crippen molar-refractivity contribution in [2.45, 2.75) is 45.1 Å². The SMILES string of the molecule is CC1CCCC(NC(=O)CCOc2ccc(N)cc2)C1. The molecule has 3 N–H and O–H groups in total. The second-order valence-corrected chi connectivity index (χ2v) is 5.70. The van der Waals surface area contributed by atoms with Crippen LogP contribution in [0.1, 0.15) is 39.0 Å². The average molecular weight is 276 g/mol. The largest absolute Gasteiger partial charge is 0.493 e. The van der Waals surface area contributed by atoms with Gasteiger partial charge in [0.05, 0.1) is 13.0 Å². The minimum Gasteiger partial charge on any atom is -0.493 e. The lowest BCUT2D eigenvalue weighted by Gasteiger charge is -2.27. The van der Waals surface area contributed by atoms with Crippen molar-refractivity contribution in [2.75, 3.05) is 12.3 Å². The summed E-state index contributed by atoms with van der Waals surface area (Å²) in [5.74, 6) is 1.55. The Labute approximate surface area is 120 Å². The maximum Gasteiger partial charge on any atom is 0.223 e. The predicted molar refractivity (Wildman–Crippen MR) is 80.5 cm³/mol. The Morgan fingerprint density at radius 2 is 2.10 bits per heavy atom. The molecule has 0 radical (unpaired) electrons. The number of carbonyl (C=O) groups excluding carboxylic acids is 1. The molecule has 20 heavy (non-hydrogen) atoms. The number of anilines is 1. The number of amides is 1. The van der Waals surface area contributed by atoms with Gasteiger partial charge in [0.25, 0.3) is 0 Å². The molecule has 1 fully saturated rings. The molecular formula is C16H24N2O2. The van der Waals surface area contributed by atoms with E-state index in [0.717, 1.165) is 24.5 Å². The molecule has 4 heteroatoms. The van der Waals surface area contributed by atoms with Gasteiger partial charge < -0.3 is 15.8 Å². The second kappa shape index (κ2) is 7.17. The fraction of sp³-hybridized carbons (Fsp3) is 0.562. The van der Waals surface area contributed by atoms with Crippen molar-refractivity contribution < 1.29 is 9.53 Å². The Morgan fingerprint density at radius 1 is 1.35 bits per heavy atom. The van der Waals surface area contributed by atoms with Crippen LogP contribution in [-0.4, -0.2) is 18.6 Å². The molecule has 2 atom stereocenters. The summed E-state index contributed by atoms with van der Waals surface area (Å²) in [5.41, 5.74) is 6.31. The molecule has 0 bridgehead atoms. The van der Waals surface area contributed by atoms with Crippen molar-refractivity contribution in [3.8, 4) is 5.75 Å². The molecular weight excluding hydrogens is 252 g/mol. The van der Waals surface area contributed by atoms with Gasteiger partial charge in [-0.2, -0.15) is 0 Å². The van der Waals surface area contributed by atoms with E-state index in [1.54, 1.807) is 12.1 Å². The van der Waals surface area contributed by atoms with Crippen molar-refractivity contribution in [1.82, 2.24) is 5.32 Å². The Balaban J connectivity index is 1.66. The highest BCUT2D eigenvalue weighted by molar-refractivity contribution is 5.76. The molecule has 0 spiro atoms. The first-order chi connectivity index (χ1) is 9.63. The summed E-state index contributed by atoms with van der Waals surface area (Å²) >= 11 is 0. The van der Waals surface area contributed by atoms with Crippen LogP contribution in [0, 0.1) is 5.92 Å². The maximum atomic E-state index is 11.9. The molecule has 4 nitrogen and oxygen atoms in total. The van der Waals surface area contributed by atoms with E-state index in [4.69, 9.17) is 10.5 Å². The smallest absolute Gasteiger partial charge is 0.223 e. The number of nitrogen functional groups attached to an aromatic ring is 1. The number of ether oxygens (including phenoxy) is 1. The molecule has 0 aliphatic heterocycles. The molecule has 0 saturated heterocycles. The first kappa shape index (κ1) is 14.7. The topological polar surface area (TPSA) is 64.3 Å². The van der Waals surface area contributed by atoms with Crippen LogP contribution in [0.5, 0.6) is 5.75 Å². The number of hydrogen-bond donors (Lipinski definition) is 2. The minimum absolute atomic E-state index is 0.0829. The van der Waals surface area contributed by atoms with Gasteiger partial charge in [-0.05, 0) is 43.0 Å². The first-order valence-corrected chi connectivity index (χ1v) is 7.41. The highest BCUT2D eigenvalue weighted by atomic mass is 16.5. The van der Waals surface area contributed by atoms with E-state index in [0.29, 0.717) is 24.8 Å². The second-order valence-electron chi connectivity index (χ2n) is 5.70. The molecule has 110 valence electrons. The van der Waals surface area contributed by atoms with Gasteiger partial charge in [0.15, 0.2) is 0 Å². The van der Waals surface area contributed by atoms with E-state index in [2.05, 4.69) is 12.2 Å².